The minimum Gasteiger partial charge on any atom is -0.486 e. The summed E-state index contributed by atoms with van der Waals surface area (Å²) in [4.78, 5) is 12.1. The molecule has 0 saturated carbocycles. The molecule has 0 radical (unpaired) electrons. The zero-order chi connectivity index (χ0) is 14.8. The van der Waals surface area contributed by atoms with Crippen LogP contribution in [0.5, 0.6) is 11.5 Å². The van der Waals surface area contributed by atoms with Gasteiger partial charge in [-0.15, -0.1) is 0 Å². The predicted molar refractivity (Wildman–Crippen MR) is 71.7 cm³/mol. The van der Waals surface area contributed by atoms with E-state index in [4.69, 9.17) is 9.47 Å². The van der Waals surface area contributed by atoms with Crippen molar-refractivity contribution in [2.75, 3.05) is 18.5 Å². The molecule has 4 nitrogen and oxygen atoms in total. The third-order valence-electron chi connectivity index (χ3n) is 2.92. The Hall–Kier alpha value is -2.63. The van der Waals surface area contributed by atoms with E-state index in [1.165, 1.54) is 6.07 Å². The van der Waals surface area contributed by atoms with Crippen LogP contribution < -0.4 is 14.8 Å². The summed E-state index contributed by atoms with van der Waals surface area (Å²) in [6.45, 7) is 0.869. The van der Waals surface area contributed by atoms with Gasteiger partial charge in [0.25, 0.3) is 5.91 Å². The minimum absolute atomic E-state index is 0.0485. The summed E-state index contributed by atoms with van der Waals surface area (Å²) < 4.78 is 36.9. The zero-order valence-corrected chi connectivity index (χ0v) is 10.9. The number of carbonyl (C=O) groups excluding carboxylic acids is 1. The maximum atomic E-state index is 13.1. The van der Waals surface area contributed by atoms with Gasteiger partial charge in [-0.05, 0) is 30.3 Å². The van der Waals surface area contributed by atoms with E-state index in [0.29, 0.717) is 30.3 Å². The van der Waals surface area contributed by atoms with Gasteiger partial charge in [0.2, 0.25) is 0 Å². The first kappa shape index (κ1) is 13.4. The normalized spacial score (nSPS) is 12.9. The Labute approximate surface area is 119 Å². The second-order valence-corrected chi connectivity index (χ2v) is 4.47. The molecular formula is C15H11F2NO3. The highest BCUT2D eigenvalue weighted by atomic mass is 19.1. The molecular weight excluding hydrogens is 280 g/mol. The lowest BCUT2D eigenvalue weighted by molar-refractivity contribution is 0.102. The van der Waals surface area contributed by atoms with Crippen LogP contribution in [0, 0.1) is 11.6 Å². The van der Waals surface area contributed by atoms with Gasteiger partial charge in [-0.3, -0.25) is 4.79 Å². The summed E-state index contributed by atoms with van der Waals surface area (Å²) in [5, 5.41) is 2.43. The fourth-order valence-corrected chi connectivity index (χ4v) is 2.01. The van der Waals surface area contributed by atoms with Crippen molar-refractivity contribution in [3.63, 3.8) is 0 Å². The Morgan fingerprint density at radius 3 is 2.33 bits per heavy atom. The molecule has 1 aliphatic heterocycles. The van der Waals surface area contributed by atoms with Gasteiger partial charge in [-0.2, -0.15) is 0 Å². The first-order chi connectivity index (χ1) is 10.1. The average molecular weight is 291 g/mol. The summed E-state index contributed by atoms with van der Waals surface area (Å²) >= 11 is 0. The molecule has 0 spiro atoms. The van der Waals surface area contributed by atoms with Crippen LogP contribution in [-0.2, 0) is 0 Å². The SMILES string of the molecule is O=C(Nc1cc(F)cc(F)c1)c1ccc2c(c1)OCCO2. The van der Waals surface area contributed by atoms with E-state index in [1.54, 1.807) is 12.1 Å². The Bertz CT molecular complexity index is 683. The number of hydrogen-bond donors (Lipinski definition) is 1. The quantitative estimate of drug-likeness (QED) is 0.925. The fraction of sp³-hybridized carbons (Fsp3) is 0.133. The molecule has 0 fully saturated rings. The highest BCUT2D eigenvalue weighted by Crippen LogP contribution is 2.31. The molecule has 1 aliphatic rings. The number of nitrogens with one attached hydrogen (secondary N) is 1. The number of rotatable bonds is 2. The van der Waals surface area contributed by atoms with Gasteiger partial charge in [-0.25, -0.2) is 8.78 Å². The standard InChI is InChI=1S/C15H11F2NO3/c16-10-6-11(17)8-12(7-10)18-15(19)9-1-2-13-14(5-9)21-4-3-20-13/h1-2,5-8H,3-4H2,(H,18,19). The number of anilines is 1. The first-order valence-electron chi connectivity index (χ1n) is 6.29. The van der Waals surface area contributed by atoms with Gasteiger partial charge in [0.1, 0.15) is 24.8 Å². The molecule has 1 amide bonds. The van der Waals surface area contributed by atoms with Gasteiger partial charge >= 0.3 is 0 Å². The lowest BCUT2D eigenvalue weighted by atomic mass is 10.1. The third kappa shape index (κ3) is 2.94. The van der Waals surface area contributed by atoms with Crippen LogP contribution in [0.4, 0.5) is 14.5 Å². The second kappa shape index (κ2) is 5.40. The van der Waals surface area contributed by atoms with Crippen molar-refractivity contribution in [3.05, 3.63) is 53.6 Å². The van der Waals surface area contributed by atoms with E-state index in [1.807, 2.05) is 0 Å². The van der Waals surface area contributed by atoms with Crippen molar-refractivity contribution in [1.82, 2.24) is 0 Å². The molecule has 3 rings (SSSR count). The van der Waals surface area contributed by atoms with Crippen LogP contribution in [0.15, 0.2) is 36.4 Å². The van der Waals surface area contributed by atoms with E-state index >= 15 is 0 Å². The number of carbonyl (C=O) groups is 1. The minimum atomic E-state index is -0.757. The van der Waals surface area contributed by atoms with E-state index in [2.05, 4.69) is 5.32 Å². The molecule has 2 aromatic rings. The third-order valence-corrected chi connectivity index (χ3v) is 2.92. The fourth-order valence-electron chi connectivity index (χ4n) is 2.01. The summed E-state index contributed by atoms with van der Waals surface area (Å²) in [7, 11) is 0. The van der Waals surface area contributed by atoms with Gasteiger partial charge in [-0.1, -0.05) is 0 Å². The Morgan fingerprint density at radius 1 is 0.952 bits per heavy atom. The maximum Gasteiger partial charge on any atom is 0.255 e. The molecule has 2 aromatic carbocycles. The van der Waals surface area contributed by atoms with E-state index in [9.17, 15) is 13.6 Å². The smallest absolute Gasteiger partial charge is 0.255 e. The molecule has 21 heavy (non-hydrogen) atoms. The van der Waals surface area contributed by atoms with Crippen LogP contribution >= 0.6 is 0 Å². The van der Waals surface area contributed by atoms with Crippen LogP contribution in [-0.4, -0.2) is 19.1 Å². The van der Waals surface area contributed by atoms with Crippen LogP contribution in [0.1, 0.15) is 10.4 Å². The topological polar surface area (TPSA) is 47.6 Å². The van der Waals surface area contributed by atoms with Gasteiger partial charge in [0, 0.05) is 17.3 Å². The largest absolute Gasteiger partial charge is 0.486 e. The summed E-state index contributed by atoms with van der Waals surface area (Å²) in [6.07, 6.45) is 0. The maximum absolute atomic E-state index is 13.1. The number of halogens is 2. The number of fused-ring (bicyclic) bond motifs is 1. The lowest BCUT2D eigenvalue weighted by Gasteiger charge is -2.18. The van der Waals surface area contributed by atoms with Crippen molar-refractivity contribution >= 4 is 11.6 Å². The average Bonchev–Trinajstić information content (AvgIpc) is 2.45. The molecule has 0 aromatic heterocycles. The van der Waals surface area contributed by atoms with Crippen LogP contribution in [0.25, 0.3) is 0 Å². The molecule has 0 bridgehead atoms. The Morgan fingerprint density at radius 2 is 1.62 bits per heavy atom. The summed E-state index contributed by atoms with van der Waals surface area (Å²) in [5.74, 6) is -0.967. The van der Waals surface area contributed by atoms with E-state index in [-0.39, 0.29) is 5.69 Å². The lowest BCUT2D eigenvalue weighted by Crippen LogP contribution is -2.17. The van der Waals surface area contributed by atoms with Crippen molar-refractivity contribution in [2.24, 2.45) is 0 Å². The molecule has 0 atom stereocenters. The van der Waals surface area contributed by atoms with Gasteiger partial charge < -0.3 is 14.8 Å². The molecule has 1 heterocycles. The Balaban J connectivity index is 1.82. The molecule has 0 aliphatic carbocycles. The molecule has 1 N–H and O–H groups in total. The van der Waals surface area contributed by atoms with E-state index in [0.717, 1.165) is 18.2 Å². The van der Waals surface area contributed by atoms with Crippen LogP contribution in [0.2, 0.25) is 0 Å². The van der Waals surface area contributed by atoms with Gasteiger partial charge in [0.05, 0.1) is 0 Å². The number of ether oxygens (including phenoxy) is 2. The summed E-state index contributed by atoms with van der Waals surface area (Å²) in [5.41, 5.74) is 0.358. The first-order valence-corrected chi connectivity index (χ1v) is 6.29. The van der Waals surface area contributed by atoms with Gasteiger partial charge in [0.15, 0.2) is 11.5 Å². The van der Waals surface area contributed by atoms with Crippen molar-refractivity contribution < 1.29 is 23.0 Å². The molecule has 0 unspecified atom stereocenters. The molecule has 0 saturated heterocycles. The predicted octanol–water partition coefficient (Wildman–Crippen LogP) is 2.99. The number of amides is 1. The number of hydrogen-bond acceptors (Lipinski definition) is 3. The highest BCUT2D eigenvalue weighted by Gasteiger charge is 2.15. The Kier molecular flexibility index (Phi) is 3.43. The highest BCUT2D eigenvalue weighted by molar-refractivity contribution is 6.04. The molecule has 108 valence electrons. The zero-order valence-electron chi connectivity index (χ0n) is 10.9. The van der Waals surface area contributed by atoms with E-state index < -0.39 is 17.5 Å². The summed E-state index contributed by atoms with van der Waals surface area (Å²) in [6, 6.07) is 7.52. The monoisotopic (exact) mass is 291 g/mol. The van der Waals surface area contributed by atoms with Crippen LogP contribution in [0.3, 0.4) is 0 Å². The second-order valence-electron chi connectivity index (χ2n) is 4.47. The number of benzene rings is 2. The van der Waals surface area contributed by atoms with Crippen molar-refractivity contribution in [2.45, 2.75) is 0 Å². The van der Waals surface area contributed by atoms with Crippen molar-refractivity contribution in [1.29, 1.82) is 0 Å². The molecule has 6 heteroatoms. The van der Waals surface area contributed by atoms with Crippen molar-refractivity contribution in [3.8, 4) is 11.5 Å².